The maximum absolute atomic E-state index is 11.8. The second kappa shape index (κ2) is 5.63. The Bertz CT molecular complexity index is 464. The Morgan fingerprint density at radius 3 is 2.72 bits per heavy atom. The number of nitrogens with zero attached hydrogens (tertiary/aromatic N) is 1. The van der Waals surface area contributed by atoms with Gasteiger partial charge in [-0.15, -0.1) is 0 Å². The molecule has 1 heterocycles. The lowest BCUT2D eigenvalue weighted by atomic mass is 10.1. The molecule has 5 heteroatoms. The van der Waals surface area contributed by atoms with Crippen molar-refractivity contribution in [2.45, 2.75) is 6.10 Å². The number of rotatable bonds is 3. The van der Waals surface area contributed by atoms with Gasteiger partial charge in [-0.3, -0.25) is 4.79 Å². The predicted octanol–water partition coefficient (Wildman–Crippen LogP) is -0.132. The summed E-state index contributed by atoms with van der Waals surface area (Å²) >= 11 is 0. The second-order valence-corrected chi connectivity index (χ2v) is 4.38. The van der Waals surface area contributed by atoms with E-state index in [1.54, 1.807) is 24.3 Å². The summed E-state index contributed by atoms with van der Waals surface area (Å²) in [5.74, 6) is -0.120. The topological polar surface area (TPSA) is 85.2 Å². The number of nitriles is 1. The van der Waals surface area contributed by atoms with Gasteiger partial charge in [-0.05, 0) is 24.3 Å². The summed E-state index contributed by atoms with van der Waals surface area (Å²) in [6, 6.07) is 8.47. The molecule has 0 aromatic heterocycles. The van der Waals surface area contributed by atoms with Gasteiger partial charge in [-0.1, -0.05) is 0 Å². The molecule has 94 valence electrons. The highest BCUT2D eigenvalue weighted by molar-refractivity contribution is 5.94. The monoisotopic (exact) mass is 245 g/mol. The molecule has 2 atom stereocenters. The Balaban J connectivity index is 1.89. The van der Waals surface area contributed by atoms with Crippen LogP contribution in [0.5, 0.6) is 0 Å². The molecule has 0 bridgehead atoms. The number of hydrogen-bond donors (Lipinski definition) is 3. The maximum Gasteiger partial charge on any atom is 0.251 e. The van der Waals surface area contributed by atoms with Crippen molar-refractivity contribution in [3.63, 3.8) is 0 Å². The summed E-state index contributed by atoms with van der Waals surface area (Å²) < 4.78 is 0. The number of carbonyl (C=O) groups is 1. The van der Waals surface area contributed by atoms with Gasteiger partial charge in [0.05, 0.1) is 17.7 Å². The molecule has 1 saturated heterocycles. The number of amides is 1. The van der Waals surface area contributed by atoms with Crippen molar-refractivity contribution < 1.29 is 9.90 Å². The summed E-state index contributed by atoms with van der Waals surface area (Å²) in [4.78, 5) is 11.8. The van der Waals surface area contributed by atoms with E-state index < -0.39 is 6.10 Å². The smallest absolute Gasteiger partial charge is 0.251 e. The first-order chi connectivity index (χ1) is 8.70. The highest BCUT2D eigenvalue weighted by Gasteiger charge is 2.25. The summed E-state index contributed by atoms with van der Waals surface area (Å²) in [6.45, 7) is 1.75. The number of nitrogens with one attached hydrogen (secondary N) is 2. The minimum absolute atomic E-state index is 0.0623. The molecule has 0 spiro atoms. The molecule has 1 aromatic carbocycles. The molecular weight excluding hydrogens is 230 g/mol. The fourth-order valence-corrected chi connectivity index (χ4v) is 1.95. The van der Waals surface area contributed by atoms with Crippen LogP contribution in [0.3, 0.4) is 0 Å². The largest absolute Gasteiger partial charge is 0.391 e. The lowest BCUT2D eigenvalue weighted by Gasteiger charge is -2.14. The van der Waals surface area contributed by atoms with Crippen LogP contribution < -0.4 is 10.6 Å². The van der Waals surface area contributed by atoms with Crippen LogP contribution in [0.15, 0.2) is 24.3 Å². The molecule has 3 N–H and O–H groups in total. The van der Waals surface area contributed by atoms with Crippen LogP contribution in [-0.2, 0) is 0 Å². The van der Waals surface area contributed by atoms with E-state index >= 15 is 0 Å². The zero-order chi connectivity index (χ0) is 13.0. The van der Waals surface area contributed by atoms with Crippen LogP contribution >= 0.6 is 0 Å². The van der Waals surface area contributed by atoms with Gasteiger partial charge in [0.25, 0.3) is 5.91 Å². The molecule has 0 radical (unpaired) electrons. The van der Waals surface area contributed by atoms with E-state index in [-0.39, 0.29) is 11.8 Å². The highest BCUT2D eigenvalue weighted by Crippen LogP contribution is 2.08. The SMILES string of the molecule is N#Cc1ccc(C(=O)NCC2CNCC2O)cc1. The van der Waals surface area contributed by atoms with Gasteiger partial charge in [0, 0.05) is 31.1 Å². The molecule has 1 fully saturated rings. The van der Waals surface area contributed by atoms with Gasteiger partial charge in [-0.2, -0.15) is 5.26 Å². The fraction of sp³-hybridized carbons (Fsp3) is 0.385. The van der Waals surface area contributed by atoms with Crippen LogP contribution in [0.4, 0.5) is 0 Å². The fourth-order valence-electron chi connectivity index (χ4n) is 1.95. The van der Waals surface area contributed by atoms with Crippen LogP contribution in [-0.4, -0.2) is 36.8 Å². The van der Waals surface area contributed by atoms with Gasteiger partial charge < -0.3 is 15.7 Å². The lowest BCUT2D eigenvalue weighted by Crippen LogP contribution is -2.34. The Hall–Kier alpha value is -1.90. The zero-order valence-corrected chi connectivity index (χ0v) is 9.89. The van der Waals surface area contributed by atoms with Gasteiger partial charge in [-0.25, -0.2) is 0 Å². The quantitative estimate of drug-likeness (QED) is 0.692. The standard InChI is InChI=1S/C13H15N3O2/c14-5-9-1-3-10(4-2-9)13(18)16-7-11-6-15-8-12(11)17/h1-4,11-12,15,17H,6-8H2,(H,16,18). The van der Waals surface area contributed by atoms with E-state index in [2.05, 4.69) is 10.6 Å². The van der Waals surface area contributed by atoms with Gasteiger partial charge in [0.2, 0.25) is 0 Å². The van der Waals surface area contributed by atoms with Crippen LogP contribution in [0.25, 0.3) is 0 Å². The van der Waals surface area contributed by atoms with Crippen molar-refractivity contribution in [3.8, 4) is 6.07 Å². The van der Waals surface area contributed by atoms with E-state index in [4.69, 9.17) is 5.26 Å². The van der Waals surface area contributed by atoms with E-state index in [0.717, 1.165) is 6.54 Å². The molecule has 1 aliphatic heterocycles. The number of benzene rings is 1. The molecule has 1 aromatic rings. The summed E-state index contributed by atoms with van der Waals surface area (Å²) in [5, 5.41) is 24.1. The van der Waals surface area contributed by atoms with E-state index in [9.17, 15) is 9.90 Å². The maximum atomic E-state index is 11.8. The Kier molecular flexibility index (Phi) is 3.92. The normalized spacial score (nSPS) is 22.4. The third-order valence-corrected chi connectivity index (χ3v) is 3.11. The predicted molar refractivity (Wildman–Crippen MR) is 65.9 cm³/mol. The average Bonchev–Trinajstić information content (AvgIpc) is 2.81. The third kappa shape index (κ3) is 2.86. The molecule has 0 saturated carbocycles. The summed E-state index contributed by atoms with van der Waals surface area (Å²) in [5.41, 5.74) is 1.05. The van der Waals surface area contributed by atoms with Gasteiger partial charge >= 0.3 is 0 Å². The number of aliphatic hydroxyl groups is 1. The van der Waals surface area contributed by atoms with Crippen molar-refractivity contribution in [1.29, 1.82) is 5.26 Å². The van der Waals surface area contributed by atoms with Crippen molar-refractivity contribution in [3.05, 3.63) is 35.4 Å². The lowest BCUT2D eigenvalue weighted by molar-refractivity contribution is 0.0927. The molecule has 0 aliphatic carbocycles. The Morgan fingerprint density at radius 1 is 1.44 bits per heavy atom. The van der Waals surface area contributed by atoms with Crippen molar-refractivity contribution >= 4 is 5.91 Å². The highest BCUT2D eigenvalue weighted by atomic mass is 16.3. The van der Waals surface area contributed by atoms with Crippen LogP contribution in [0.1, 0.15) is 15.9 Å². The van der Waals surface area contributed by atoms with Crippen molar-refractivity contribution in [2.24, 2.45) is 5.92 Å². The van der Waals surface area contributed by atoms with Gasteiger partial charge in [0.15, 0.2) is 0 Å². The molecule has 1 amide bonds. The summed E-state index contributed by atoms with van der Waals surface area (Å²) in [6.07, 6.45) is -0.397. The van der Waals surface area contributed by atoms with Crippen LogP contribution in [0.2, 0.25) is 0 Å². The average molecular weight is 245 g/mol. The van der Waals surface area contributed by atoms with Gasteiger partial charge in [0.1, 0.15) is 0 Å². The number of β-amino-alcohol motifs (C(OH)–C–C–N with tert-alkyl or cyclic N) is 1. The number of aliphatic hydroxyl groups excluding tert-OH is 1. The minimum Gasteiger partial charge on any atom is -0.391 e. The third-order valence-electron chi connectivity index (χ3n) is 3.11. The molecule has 1 aliphatic rings. The first-order valence-electron chi connectivity index (χ1n) is 5.88. The van der Waals surface area contributed by atoms with E-state index in [1.807, 2.05) is 6.07 Å². The van der Waals surface area contributed by atoms with Crippen molar-refractivity contribution in [2.75, 3.05) is 19.6 Å². The molecule has 5 nitrogen and oxygen atoms in total. The van der Waals surface area contributed by atoms with Crippen LogP contribution in [0, 0.1) is 17.2 Å². The first kappa shape index (κ1) is 12.6. The Morgan fingerprint density at radius 2 is 2.17 bits per heavy atom. The second-order valence-electron chi connectivity index (χ2n) is 4.38. The molecule has 18 heavy (non-hydrogen) atoms. The first-order valence-corrected chi connectivity index (χ1v) is 5.88. The zero-order valence-electron chi connectivity index (χ0n) is 9.89. The minimum atomic E-state index is -0.397. The number of carbonyl (C=O) groups excluding carboxylic acids is 1. The molecular formula is C13H15N3O2. The van der Waals surface area contributed by atoms with E-state index in [0.29, 0.717) is 24.2 Å². The molecule has 2 unspecified atom stereocenters. The molecule has 2 rings (SSSR count). The summed E-state index contributed by atoms with van der Waals surface area (Å²) in [7, 11) is 0. The van der Waals surface area contributed by atoms with Crippen molar-refractivity contribution in [1.82, 2.24) is 10.6 Å². The Labute approximate surface area is 105 Å². The van der Waals surface area contributed by atoms with E-state index in [1.165, 1.54) is 0 Å². The number of hydrogen-bond acceptors (Lipinski definition) is 4.